The van der Waals surface area contributed by atoms with E-state index in [2.05, 4.69) is 16.7 Å². The maximum atomic E-state index is 13.2. The highest BCUT2D eigenvalue weighted by molar-refractivity contribution is 5.94. The summed E-state index contributed by atoms with van der Waals surface area (Å²) in [6, 6.07) is 8.11. The highest BCUT2D eigenvalue weighted by atomic mass is 16.5. The molecule has 1 amide bonds. The first-order chi connectivity index (χ1) is 13.3. The highest BCUT2D eigenvalue weighted by Gasteiger charge is 2.28. The molecule has 2 heterocycles. The van der Waals surface area contributed by atoms with Crippen LogP contribution in [0, 0.1) is 0 Å². The second-order valence-electron chi connectivity index (χ2n) is 8.07. The maximum absolute atomic E-state index is 13.2. The van der Waals surface area contributed by atoms with Crippen LogP contribution in [0.15, 0.2) is 24.3 Å². The summed E-state index contributed by atoms with van der Waals surface area (Å²) < 4.78 is 5.72. The highest BCUT2D eigenvalue weighted by Crippen LogP contribution is 2.24. The molecule has 1 aromatic carbocycles. The lowest BCUT2D eigenvalue weighted by Gasteiger charge is -2.37. The number of carbonyl (C=O) groups is 1. The Hall–Kier alpha value is -1.55. The summed E-state index contributed by atoms with van der Waals surface area (Å²) >= 11 is 0. The summed E-state index contributed by atoms with van der Waals surface area (Å²) in [6.07, 6.45) is 11.0. The first kappa shape index (κ1) is 20.2. The zero-order valence-electron chi connectivity index (χ0n) is 17.0. The van der Waals surface area contributed by atoms with E-state index in [1.807, 2.05) is 24.3 Å². The zero-order valence-corrected chi connectivity index (χ0v) is 17.0. The molecule has 0 radical (unpaired) electrons. The van der Waals surface area contributed by atoms with Gasteiger partial charge in [0.05, 0.1) is 6.61 Å². The van der Waals surface area contributed by atoms with Crippen LogP contribution in [0.4, 0.5) is 0 Å². The van der Waals surface area contributed by atoms with Gasteiger partial charge in [-0.05, 0) is 76.2 Å². The van der Waals surface area contributed by atoms with Crippen LogP contribution in [0.25, 0.3) is 0 Å². The summed E-state index contributed by atoms with van der Waals surface area (Å²) in [7, 11) is 0. The quantitative estimate of drug-likeness (QED) is 0.693. The third kappa shape index (κ3) is 5.97. The number of carbonyl (C=O) groups excluding carboxylic acids is 1. The molecule has 0 aliphatic carbocycles. The molecule has 0 spiro atoms. The van der Waals surface area contributed by atoms with Crippen molar-refractivity contribution in [2.24, 2.45) is 0 Å². The van der Waals surface area contributed by atoms with Crippen molar-refractivity contribution in [1.29, 1.82) is 0 Å². The molecule has 1 unspecified atom stereocenters. The lowest BCUT2D eigenvalue weighted by atomic mass is 9.97. The van der Waals surface area contributed by atoms with E-state index in [4.69, 9.17) is 4.74 Å². The molecule has 0 saturated carbocycles. The second kappa shape index (κ2) is 10.7. The number of piperidine rings is 1. The first-order valence-corrected chi connectivity index (χ1v) is 11.0. The van der Waals surface area contributed by atoms with Crippen LogP contribution in [0.5, 0.6) is 5.75 Å². The Bertz CT molecular complexity index is 581. The van der Waals surface area contributed by atoms with Gasteiger partial charge in [-0.1, -0.05) is 25.8 Å². The lowest BCUT2D eigenvalue weighted by molar-refractivity contribution is 0.0584. The van der Waals surface area contributed by atoms with E-state index in [1.54, 1.807) is 0 Å². The van der Waals surface area contributed by atoms with Crippen molar-refractivity contribution in [3.63, 3.8) is 0 Å². The molecule has 2 aliphatic rings. The molecule has 27 heavy (non-hydrogen) atoms. The van der Waals surface area contributed by atoms with Crippen molar-refractivity contribution < 1.29 is 9.53 Å². The Morgan fingerprint density at radius 3 is 2.63 bits per heavy atom. The predicted octanol–water partition coefficient (Wildman–Crippen LogP) is 4.74. The molecular weight excluding hydrogens is 336 g/mol. The molecule has 0 N–H and O–H groups in total. The van der Waals surface area contributed by atoms with Crippen LogP contribution < -0.4 is 4.74 Å². The van der Waals surface area contributed by atoms with Crippen molar-refractivity contribution in [2.75, 3.05) is 32.8 Å². The van der Waals surface area contributed by atoms with Gasteiger partial charge in [-0.2, -0.15) is 0 Å². The van der Waals surface area contributed by atoms with Gasteiger partial charge in [0.1, 0.15) is 5.75 Å². The van der Waals surface area contributed by atoms with E-state index >= 15 is 0 Å². The van der Waals surface area contributed by atoms with E-state index in [9.17, 15) is 4.79 Å². The summed E-state index contributed by atoms with van der Waals surface area (Å²) in [5, 5.41) is 0. The Morgan fingerprint density at radius 2 is 1.85 bits per heavy atom. The average molecular weight is 373 g/mol. The van der Waals surface area contributed by atoms with Gasteiger partial charge in [-0.15, -0.1) is 0 Å². The van der Waals surface area contributed by atoms with E-state index in [1.165, 1.54) is 45.2 Å². The van der Waals surface area contributed by atoms with Crippen LogP contribution in [0.3, 0.4) is 0 Å². The molecule has 2 aliphatic heterocycles. The third-order valence-electron chi connectivity index (χ3n) is 5.92. The number of benzene rings is 1. The maximum Gasteiger partial charge on any atom is 0.254 e. The predicted molar refractivity (Wildman–Crippen MR) is 110 cm³/mol. The molecule has 1 atom stereocenters. The molecule has 0 bridgehead atoms. The van der Waals surface area contributed by atoms with Gasteiger partial charge in [-0.25, -0.2) is 0 Å². The van der Waals surface area contributed by atoms with E-state index in [0.717, 1.165) is 50.1 Å². The molecule has 4 nitrogen and oxygen atoms in total. The van der Waals surface area contributed by atoms with Crippen molar-refractivity contribution in [2.45, 2.75) is 70.8 Å². The number of nitrogens with zero attached hydrogens (tertiary/aromatic N) is 2. The fourth-order valence-corrected chi connectivity index (χ4v) is 4.36. The van der Waals surface area contributed by atoms with E-state index in [-0.39, 0.29) is 5.91 Å². The Balaban J connectivity index is 1.61. The molecule has 3 rings (SSSR count). The second-order valence-corrected chi connectivity index (χ2v) is 8.07. The Kier molecular flexibility index (Phi) is 8.00. The fourth-order valence-electron chi connectivity index (χ4n) is 4.36. The van der Waals surface area contributed by atoms with Crippen LogP contribution >= 0.6 is 0 Å². The average Bonchev–Trinajstić information content (AvgIpc) is 2.99. The molecule has 1 aromatic rings. The van der Waals surface area contributed by atoms with E-state index in [0.29, 0.717) is 12.6 Å². The number of hydrogen-bond acceptors (Lipinski definition) is 3. The SMILES string of the molecule is CCCOc1cccc(C(=O)N2CCCCC2CCN2CCCCCC2)c1. The number of hydrogen-bond donors (Lipinski definition) is 0. The van der Waals surface area contributed by atoms with Gasteiger partial charge in [0.15, 0.2) is 0 Å². The number of likely N-dealkylation sites (tertiary alicyclic amines) is 2. The number of ether oxygens (including phenoxy) is 1. The zero-order chi connectivity index (χ0) is 18.9. The van der Waals surface area contributed by atoms with Crippen molar-refractivity contribution in [3.8, 4) is 5.75 Å². The minimum atomic E-state index is 0.178. The van der Waals surface area contributed by atoms with Crippen LogP contribution in [0.1, 0.15) is 75.1 Å². The summed E-state index contributed by atoms with van der Waals surface area (Å²) in [5.74, 6) is 0.985. The normalized spacial score (nSPS) is 21.7. The fraction of sp³-hybridized carbons (Fsp3) is 0.696. The topological polar surface area (TPSA) is 32.8 Å². The van der Waals surface area contributed by atoms with Crippen LogP contribution in [0.2, 0.25) is 0 Å². The van der Waals surface area contributed by atoms with E-state index < -0.39 is 0 Å². The van der Waals surface area contributed by atoms with Crippen molar-refractivity contribution in [1.82, 2.24) is 9.80 Å². The lowest BCUT2D eigenvalue weighted by Crippen LogP contribution is -2.45. The Morgan fingerprint density at radius 1 is 1.07 bits per heavy atom. The molecule has 4 heteroatoms. The van der Waals surface area contributed by atoms with Crippen molar-refractivity contribution >= 4 is 5.91 Å². The van der Waals surface area contributed by atoms with Crippen molar-refractivity contribution in [3.05, 3.63) is 29.8 Å². The monoisotopic (exact) mass is 372 g/mol. The number of amides is 1. The van der Waals surface area contributed by atoms with Crippen LogP contribution in [-0.4, -0.2) is 54.5 Å². The third-order valence-corrected chi connectivity index (χ3v) is 5.92. The molecule has 150 valence electrons. The standard InChI is InChI=1S/C23H36N2O2/c1-2-18-27-22-12-9-10-20(19-22)23(26)25-16-8-5-11-21(25)13-17-24-14-6-3-4-7-15-24/h9-10,12,19,21H,2-8,11,13-18H2,1H3. The molecule has 2 saturated heterocycles. The smallest absolute Gasteiger partial charge is 0.254 e. The molecular formula is C23H36N2O2. The molecule has 0 aromatic heterocycles. The summed E-state index contributed by atoms with van der Waals surface area (Å²) in [6.45, 7) is 7.28. The van der Waals surface area contributed by atoms with Gasteiger partial charge in [0.25, 0.3) is 5.91 Å². The summed E-state index contributed by atoms with van der Waals surface area (Å²) in [5.41, 5.74) is 0.769. The largest absolute Gasteiger partial charge is 0.494 e. The van der Waals surface area contributed by atoms with Crippen LogP contribution in [-0.2, 0) is 0 Å². The summed E-state index contributed by atoms with van der Waals surface area (Å²) in [4.78, 5) is 18.0. The minimum absolute atomic E-state index is 0.178. The molecule has 2 fully saturated rings. The number of rotatable bonds is 7. The first-order valence-electron chi connectivity index (χ1n) is 11.0. The van der Waals surface area contributed by atoms with Gasteiger partial charge in [0, 0.05) is 24.7 Å². The van der Waals surface area contributed by atoms with Gasteiger partial charge in [0.2, 0.25) is 0 Å². The van der Waals surface area contributed by atoms with Gasteiger partial charge >= 0.3 is 0 Å². The Labute approximate surface area is 164 Å². The van der Waals surface area contributed by atoms with Gasteiger partial charge in [-0.3, -0.25) is 4.79 Å². The minimum Gasteiger partial charge on any atom is -0.494 e. The van der Waals surface area contributed by atoms with Gasteiger partial charge < -0.3 is 14.5 Å².